The second-order valence-electron chi connectivity index (χ2n) is 3.76. The van der Waals surface area contributed by atoms with Gasteiger partial charge in [-0.15, -0.1) is 12.3 Å². The summed E-state index contributed by atoms with van der Waals surface area (Å²) in [5.41, 5.74) is 0.273. The van der Waals surface area contributed by atoms with Gasteiger partial charge in [0.15, 0.2) is 0 Å². The lowest BCUT2D eigenvalue weighted by atomic mass is 10.0. The van der Waals surface area contributed by atoms with E-state index in [-0.39, 0.29) is 5.56 Å². The highest BCUT2D eigenvalue weighted by atomic mass is 16.5. The molecule has 0 aliphatic heterocycles. The van der Waals surface area contributed by atoms with E-state index in [0.717, 1.165) is 5.39 Å². The number of hydrogen-bond acceptors (Lipinski definition) is 2. The van der Waals surface area contributed by atoms with Crippen molar-refractivity contribution in [1.29, 1.82) is 0 Å². The van der Waals surface area contributed by atoms with Crippen molar-refractivity contribution in [2.45, 2.75) is 6.42 Å². The molecule has 2 aromatic carbocycles. The molecule has 0 bridgehead atoms. The third-order valence-corrected chi connectivity index (χ3v) is 2.62. The maximum Gasteiger partial charge on any atom is 0.336 e. The van der Waals surface area contributed by atoms with Crippen molar-refractivity contribution in [2.24, 2.45) is 0 Å². The van der Waals surface area contributed by atoms with E-state index in [2.05, 4.69) is 5.92 Å². The molecule has 0 unspecified atom stereocenters. The molecule has 0 spiro atoms. The first kappa shape index (κ1) is 12.0. The molecular weight excluding hydrogens is 228 g/mol. The smallest absolute Gasteiger partial charge is 0.336 e. The Balaban J connectivity index is 2.48. The van der Waals surface area contributed by atoms with E-state index in [1.165, 1.54) is 0 Å². The number of terminal acetylenes is 1. The minimum Gasteiger partial charge on any atom is -0.492 e. The molecule has 1 N–H and O–H groups in total. The number of hydrogen-bond donors (Lipinski definition) is 1. The van der Waals surface area contributed by atoms with Crippen LogP contribution in [0.1, 0.15) is 16.8 Å². The molecule has 0 aliphatic carbocycles. The summed E-state index contributed by atoms with van der Waals surface area (Å²) in [5.74, 6) is 2.21. The highest BCUT2D eigenvalue weighted by Gasteiger charge is 2.11. The molecule has 3 nitrogen and oxygen atoms in total. The Bertz CT molecular complexity index is 623. The first-order chi connectivity index (χ1) is 8.74. The van der Waals surface area contributed by atoms with Gasteiger partial charge in [0.1, 0.15) is 5.75 Å². The van der Waals surface area contributed by atoms with Gasteiger partial charge in [0.2, 0.25) is 0 Å². The molecule has 0 saturated heterocycles. The van der Waals surface area contributed by atoms with E-state index >= 15 is 0 Å². The number of aromatic carboxylic acids is 1. The fourth-order valence-corrected chi connectivity index (χ4v) is 1.80. The van der Waals surface area contributed by atoms with Gasteiger partial charge in [0.25, 0.3) is 0 Å². The molecule has 0 saturated carbocycles. The maximum atomic E-state index is 11.1. The van der Waals surface area contributed by atoms with Crippen LogP contribution >= 0.6 is 0 Å². The lowest BCUT2D eigenvalue weighted by molar-refractivity contribution is 0.0699. The summed E-state index contributed by atoms with van der Waals surface area (Å²) in [7, 11) is 0. The Labute approximate surface area is 105 Å². The molecule has 2 rings (SSSR count). The molecule has 0 atom stereocenters. The van der Waals surface area contributed by atoms with Crippen LogP contribution in [0.2, 0.25) is 0 Å². The Morgan fingerprint density at radius 1 is 1.22 bits per heavy atom. The lowest BCUT2D eigenvalue weighted by Gasteiger charge is -2.09. The van der Waals surface area contributed by atoms with Crippen LogP contribution in [-0.4, -0.2) is 17.7 Å². The van der Waals surface area contributed by atoms with Crippen LogP contribution in [0.5, 0.6) is 5.75 Å². The molecule has 0 radical (unpaired) electrons. The summed E-state index contributed by atoms with van der Waals surface area (Å²) in [6, 6.07) is 10.5. The van der Waals surface area contributed by atoms with Gasteiger partial charge in [-0.3, -0.25) is 0 Å². The summed E-state index contributed by atoms with van der Waals surface area (Å²) < 4.78 is 5.56. The highest BCUT2D eigenvalue weighted by Crippen LogP contribution is 2.28. The molecule has 0 aliphatic rings. The van der Waals surface area contributed by atoms with Gasteiger partial charge in [0.05, 0.1) is 12.2 Å². The normalized spacial score (nSPS) is 9.94. The predicted molar refractivity (Wildman–Crippen MR) is 69.9 cm³/mol. The quantitative estimate of drug-likeness (QED) is 0.660. The monoisotopic (exact) mass is 240 g/mol. The van der Waals surface area contributed by atoms with Crippen molar-refractivity contribution in [3.05, 3.63) is 42.0 Å². The fraction of sp³-hybridized carbons (Fsp3) is 0.133. The molecule has 2 aromatic rings. The van der Waals surface area contributed by atoms with Gasteiger partial charge in [0, 0.05) is 11.8 Å². The fourth-order valence-electron chi connectivity index (χ4n) is 1.80. The van der Waals surface area contributed by atoms with Crippen LogP contribution in [0.3, 0.4) is 0 Å². The Morgan fingerprint density at radius 3 is 2.61 bits per heavy atom. The van der Waals surface area contributed by atoms with Crippen LogP contribution in [0.15, 0.2) is 36.4 Å². The molecule has 18 heavy (non-hydrogen) atoms. The van der Waals surface area contributed by atoms with Gasteiger partial charge in [-0.2, -0.15) is 0 Å². The SMILES string of the molecule is C#CCCOc1ccc(C(=O)O)c2ccccc12. The first-order valence-corrected chi connectivity index (χ1v) is 5.55. The zero-order valence-corrected chi connectivity index (χ0v) is 9.72. The maximum absolute atomic E-state index is 11.1. The van der Waals surface area contributed by atoms with E-state index in [9.17, 15) is 4.79 Å². The molecule has 0 aromatic heterocycles. The number of rotatable bonds is 4. The van der Waals surface area contributed by atoms with E-state index in [4.69, 9.17) is 16.3 Å². The summed E-state index contributed by atoms with van der Waals surface area (Å²) >= 11 is 0. The molecule has 0 amide bonds. The first-order valence-electron chi connectivity index (χ1n) is 5.55. The number of benzene rings is 2. The average Bonchev–Trinajstić information content (AvgIpc) is 2.38. The van der Waals surface area contributed by atoms with Crippen LogP contribution in [-0.2, 0) is 0 Å². The summed E-state index contributed by atoms with van der Waals surface area (Å²) in [5, 5.41) is 10.6. The number of carboxylic acid groups (broad SMARTS) is 1. The van der Waals surface area contributed by atoms with Crippen molar-refractivity contribution < 1.29 is 14.6 Å². The van der Waals surface area contributed by atoms with E-state index < -0.39 is 5.97 Å². The van der Waals surface area contributed by atoms with E-state index in [1.807, 2.05) is 12.1 Å². The molecule has 0 heterocycles. The standard InChI is InChI=1S/C15H12O3/c1-2-3-10-18-14-9-8-13(15(16)17)11-6-4-5-7-12(11)14/h1,4-9H,3,10H2,(H,16,17). The highest BCUT2D eigenvalue weighted by molar-refractivity contribution is 6.05. The van der Waals surface area contributed by atoms with Crippen LogP contribution in [0.25, 0.3) is 10.8 Å². The van der Waals surface area contributed by atoms with Crippen molar-refractivity contribution in [1.82, 2.24) is 0 Å². The summed E-state index contributed by atoms with van der Waals surface area (Å²) in [6.45, 7) is 0.424. The second-order valence-corrected chi connectivity index (χ2v) is 3.76. The number of ether oxygens (including phenoxy) is 1. The Kier molecular flexibility index (Phi) is 3.49. The van der Waals surface area contributed by atoms with Gasteiger partial charge >= 0.3 is 5.97 Å². The van der Waals surface area contributed by atoms with Crippen molar-refractivity contribution in [3.63, 3.8) is 0 Å². The van der Waals surface area contributed by atoms with E-state index in [0.29, 0.717) is 24.2 Å². The van der Waals surface area contributed by atoms with Gasteiger partial charge < -0.3 is 9.84 Å². The van der Waals surface area contributed by atoms with E-state index in [1.54, 1.807) is 24.3 Å². The molecular formula is C15H12O3. The van der Waals surface area contributed by atoms with Gasteiger partial charge in [-0.25, -0.2) is 4.79 Å². The number of carbonyl (C=O) groups is 1. The Morgan fingerprint density at radius 2 is 1.94 bits per heavy atom. The third-order valence-electron chi connectivity index (χ3n) is 2.62. The zero-order chi connectivity index (χ0) is 13.0. The van der Waals surface area contributed by atoms with Crippen molar-refractivity contribution in [3.8, 4) is 18.1 Å². The van der Waals surface area contributed by atoms with Gasteiger partial charge in [-0.05, 0) is 17.5 Å². The van der Waals surface area contributed by atoms with Crippen LogP contribution in [0, 0.1) is 12.3 Å². The number of fused-ring (bicyclic) bond motifs is 1. The second kappa shape index (κ2) is 5.24. The van der Waals surface area contributed by atoms with Crippen molar-refractivity contribution in [2.75, 3.05) is 6.61 Å². The predicted octanol–water partition coefficient (Wildman–Crippen LogP) is 2.94. The van der Waals surface area contributed by atoms with Crippen LogP contribution in [0.4, 0.5) is 0 Å². The average molecular weight is 240 g/mol. The number of carboxylic acids is 1. The zero-order valence-electron chi connectivity index (χ0n) is 9.72. The minimum absolute atomic E-state index is 0.273. The molecule has 0 fully saturated rings. The summed E-state index contributed by atoms with van der Waals surface area (Å²) in [4.78, 5) is 11.1. The minimum atomic E-state index is -0.943. The largest absolute Gasteiger partial charge is 0.492 e. The molecule has 90 valence electrons. The lowest BCUT2D eigenvalue weighted by Crippen LogP contribution is -2.00. The van der Waals surface area contributed by atoms with Gasteiger partial charge in [-0.1, -0.05) is 24.3 Å². The topological polar surface area (TPSA) is 46.5 Å². The van der Waals surface area contributed by atoms with Crippen LogP contribution < -0.4 is 4.74 Å². The summed E-state index contributed by atoms with van der Waals surface area (Å²) in [6.07, 6.45) is 5.68. The van der Waals surface area contributed by atoms with Crippen molar-refractivity contribution >= 4 is 16.7 Å². The Hall–Kier alpha value is -2.47. The third kappa shape index (κ3) is 2.28. The molecule has 3 heteroatoms.